The molecule has 0 radical (unpaired) electrons. The van der Waals surface area contributed by atoms with Crippen molar-refractivity contribution in [2.75, 3.05) is 13.6 Å². The van der Waals surface area contributed by atoms with Gasteiger partial charge in [0.2, 0.25) is 5.91 Å². The van der Waals surface area contributed by atoms with Gasteiger partial charge in [0.15, 0.2) is 0 Å². The van der Waals surface area contributed by atoms with Crippen LogP contribution in [0.25, 0.3) is 0 Å². The second kappa shape index (κ2) is 7.13. The summed E-state index contributed by atoms with van der Waals surface area (Å²) >= 11 is 0. The second-order valence-electron chi connectivity index (χ2n) is 6.57. The molecule has 3 rings (SSSR count). The molecule has 134 valence electrons. The van der Waals surface area contributed by atoms with Crippen molar-refractivity contribution in [2.45, 2.75) is 39.9 Å². The van der Waals surface area contributed by atoms with Gasteiger partial charge in [-0.25, -0.2) is 0 Å². The Bertz CT molecular complexity index is 776. The molecule has 0 spiro atoms. The van der Waals surface area contributed by atoms with Crippen LogP contribution in [-0.4, -0.2) is 44.7 Å². The SMILES string of the molecule is CCn1nc(C)cc1C(=O)N1Cc2cccn2CC(CC(=O)NC)C1. The summed E-state index contributed by atoms with van der Waals surface area (Å²) in [6.07, 6.45) is 2.42. The largest absolute Gasteiger partial charge is 0.359 e. The fraction of sp³-hybridized carbons (Fsp3) is 0.500. The number of fused-ring (bicyclic) bond motifs is 1. The lowest BCUT2D eigenvalue weighted by atomic mass is 10.0. The van der Waals surface area contributed by atoms with Gasteiger partial charge in [0.05, 0.1) is 12.2 Å². The van der Waals surface area contributed by atoms with E-state index >= 15 is 0 Å². The molecule has 0 saturated carbocycles. The Morgan fingerprint density at radius 2 is 2.16 bits per heavy atom. The molecule has 2 amide bonds. The number of hydrogen-bond acceptors (Lipinski definition) is 3. The molecule has 3 heterocycles. The number of amides is 2. The van der Waals surface area contributed by atoms with Crippen molar-refractivity contribution in [3.05, 3.63) is 41.5 Å². The first-order chi connectivity index (χ1) is 12.0. The number of nitrogens with zero attached hydrogens (tertiary/aromatic N) is 4. The van der Waals surface area contributed by atoms with E-state index in [1.165, 1.54) is 0 Å². The Morgan fingerprint density at radius 1 is 1.36 bits per heavy atom. The number of carbonyl (C=O) groups is 2. The topological polar surface area (TPSA) is 72.2 Å². The molecule has 1 unspecified atom stereocenters. The molecule has 0 aliphatic carbocycles. The molecule has 2 aromatic rings. The molecule has 1 aliphatic heterocycles. The first-order valence-electron chi connectivity index (χ1n) is 8.70. The van der Waals surface area contributed by atoms with E-state index in [1.807, 2.05) is 43.1 Å². The van der Waals surface area contributed by atoms with Gasteiger partial charge in [-0.1, -0.05) is 0 Å². The summed E-state index contributed by atoms with van der Waals surface area (Å²) < 4.78 is 3.89. The van der Waals surface area contributed by atoms with E-state index in [1.54, 1.807) is 11.7 Å². The van der Waals surface area contributed by atoms with Crippen LogP contribution in [0.4, 0.5) is 0 Å². The number of carbonyl (C=O) groups excluding carboxylic acids is 2. The van der Waals surface area contributed by atoms with Crippen LogP contribution in [0.3, 0.4) is 0 Å². The highest BCUT2D eigenvalue weighted by molar-refractivity contribution is 5.92. The third kappa shape index (κ3) is 3.60. The van der Waals surface area contributed by atoms with Gasteiger partial charge in [-0.15, -0.1) is 0 Å². The van der Waals surface area contributed by atoms with Crippen molar-refractivity contribution in [2.24, 2.45) is 5.92 Å². The Balaban J connectivity index is 1.88. The van der Waals surface area contributed by atoms with Crippen molar-refractivity contribution in [3.8, 4) is 0 Å². The highest BCUT2D eigenvalue weighted by Crippen LogP contribution is 2.21. The van der Waals surface area contributed by atoms with E-state index in [-0.39, 0.29) is 17.7 Å². The molecule has 1 N–H and O–H groups in total. The third-order valence-electron chi connectivity index (χ3n) is 4.67. The van der Waals surface area contributed by atoms with Gasteiger partial charge < -0.3 is 14.8 Å². The monoisotopic (exact) mass is 343 g/mol. The van der Waals surface area contributed by atoms with Crippen LogP contribution in [-0.2, 0) is 24.4 Å². The Labute approximate surface area is 147 Å². The molecule has 0 fully saturated rings. The van der Waals surface area contributed by atoms with Crippen LogP contribution < -0.4 is 5.32 Å². The minimum absolute atomic E-state index is 0.00227. The van der Waals surface area contributed by atoms with Gasteiger partial charge >= 0.3 is 0 Å². The molecule has 0 bridgehead atoms. The summed E-state index contributed by atoms with van der Waals surface area (Å²) in [6, 6.07) is 5.86. The summed E-state index contributed by atoms with van der Waals surface area (Å²) in [5.74, 6) is 0.0538. The van der Waals surface area contributed by atoms with E-state index in [2.05, 4.69) is 15.0 Å². The highest BCUT2D eigenvalue weighted by Gasteiger charge is 2.28. The normalized spacial score (nSPS) is 17.1. The Hall–Kier alpha value is -2.57. The zero-order valence-corrected chi connectivity index (χ0v) is 15.0. The molecule has 0 saturated heterocycles. The number of rotatable bonds is 4. The Kier molecular flexibility index (Phi) is 4.92. The summed E-state index contributed by atoms with van der Waals surface area (Å²) in [6.45, 7) is 6.37. The summed E-state index contributed by atoms with van der Waals surface area (Å²) in [4.78, 5) is 26.8. The third-order valence-corrected chi connectivity index (χ3v) is 4.67. The minimum Gasteiger partial charge on any atom is -0.359 e. The lowest BCUT2D eigenvalue weighted by Crippen LogP contribution is -2.36. The molecule has 7 heteroatoms. The van der Waals surface area contributed by atoms with Gasteiger partial charge in [-0.2, -0.15) is 5.10 Å². The molecular weight excluding hydrogens is 318 g/mol. The van der Waals surface area contributed by atoms with Crippen LogP contribution >= 0.6 is 0 Å². The summed E-state index contributed by atoms with van der Waals surface area (Å²) in [5, 5.41) is 7.07. The molecule has 2 aromatic heterocycles. The highest BCUT2D eigenvalue weighted by atomic mass is 16.2. The van der Waals surface area contributed by atoms with Gasteiger partial charge in [-0.3, -0.25) is 14.3 Å². The lowest BCUT2D eigenvalue weighted by Gasteiger charge is -2.24. The molecule has 25 heavy (non-hydrogen) atoms. The van der Waals surface area contributed by atoms with Crippen molar-refractivity contribution >= 4 is 11.8 Å². The average Bonchev–Trinajstić information content (AvgIpc) is 3.15. The summed E-state index contributed by atoms with van der Waals surface area (Å²) in [7, 11) is 1.64. The van der Waals surface area contributed by atoms with E-state index in [4.69, 9.17) is 0 Å². The number of aryl methyl sites for hydroxylation is 2. The predicted molar refractivity (Wildman–Crippen MR) is 94.0 cm³/mol. The average molecular weight is 343 g/mol. The van der Waals surface area contributed by atoms with Crippen LogP contribution in [0.15, 0.2) is 24.4 Å². The molecular formula is C18H25N5O2. The quantitative estimate of drug-likeness (QED) is 0.913. The van der Waals surface area contributed by atoms with E-state index in [0.717, 1.165) is 17.9 Å². The maximum absolute atomic E-state index is 13.1. The minimum atomic E-state index is -0.0287. The van der Waals surface area contributed by atoms with E-state index in [9.17, 15) is 9.59 Å². The first-order valence-corrected chi connectivity index (χ1v) is 8.70. The summed E-state index contributed by atoms with van der Waals surface area (Å²) in [5.41, 5.74) is 2.54. The van der Waals surface area contributed by atoms with Crippen LogP contribution in [0.1, 0.15) is 35.2 Å². The molecule has 7 nitrogen and oxygen atoms in total. The maximum atomic E-state index is 13.1. The zero-order chi connectivity index (χ0) is 18.0. The van der Waals surface area contributed by atoms with Gasteiger partial charge in [-0.05, 0) is 32.0 Å². The van der Waals surface area contributed by atoms with Crippen LogP contribution in [0.5, 0.6) is 0 Å². The van der Waals surface area contributed by atoms with Crippen molar-refractivity contribution < 1.29 is 9.59 Å². The predicted octanol–water partition coefficient (Wildman–Crippen LogP) is 1.42. The number of hydrogen-bond donors (Lipinski definition) is 1. The van der Waals surface area contributed by atoms with E-state index < -0.39 is 0 Å². The molecule has 0 aromatic carbocycles. The van der Waals surface area contributed by atoms with Crippen molar-refractivity contribution in [1.29, 1.82) is 0 Å². The van der Waals surface area contributed by atoms with Crippen molar-refractivity contribution in [3.63, 3.8) is 0 Å². The van der Waals surface area contributed by atoms with Crippen LogP contribution in [0.2, 0.25) is 0 Å². The fourth-order valence-corrected chi connectivity index (χ4v) is 3.45. The maximum Gasteiger partial charge on any atom is 0.272 e. The molecule has 1 aliphatic rings. The lowest BCUT2D eigenvalue weighted by molar-refractivity contribution is -0.121. The second-order valence-corrected chi connectivity index (χ2v) is 6.57. The molecule has 1 atom stereocenters. The standard InChI is InChI=1S/C18H25N5O2/c1-4-23-16(8-13(2)20-23)18(25)22-11-14(9-17(24)19-3)10-21-7-5-6-15(21)12-22/h5-8,14H,4,9-12H2,1-3H3,(H,19,24). The van der Waals surface area contributed by atoms with Gasteiger partial charge in [0, 0.05) is 50.9 Å². The van der Waals surface area contributed by atoms with Gasteiger partial charge in [0.25, 0.3) is 5.91 Å². The van der Waals surface area contributed by atoms with Crippen molar-refractivity contribution in [1.82, 2.24) is 24.6 Å². The fourth-order valence-electron chi connectivity index (χ4n) is 3.45. The smallest absolute Gasteiger partial charge is 0.272 e. The van der Waals surface area contributed by atoms with Gasteiger partial charge in [0.1, 0.15) is 5.69 Å². The Morgan fingerprint density at radius 3 is 2.88 bits per heavy atom. The number of nitrogens with one attached hydrogen (secondary N) is 1. The number of aromatic nitrogens is 3. The first kappa shape index (κ1) is 17.3. The van der Waals surface area contributed by atoms with E-state index in [0.29, 0.717) is 31.7 Å². The zero-order valence-electron chi connectivity index (χ0n) is 15.0. The van der Waals surface area contributed by atoms with Crippen LogP contribution in [0, 0.1) is 12.8 Å².